The first-order chi connectivity index (χ1) is 8.29. The first-order valence-electron chi connectivity index (χ1n) is 6.18. The number of nitrogens with zero attached hydrogens (tertiary/aromatic N) is 3. The molecule has 0 aromatic carbocycles. The van der Waals surface area contributed by atoms with Crippen LogP contribution < -0.4 is 5.32 Å². The van der Waals surface area contributed by atoms with E-state index >= 15 is 0 Å². The van der Waals surface area contributed by atoms with Crippen LogP contribution in [0.2, 0.25) is 0 Å². The molecule has 6 heteroatoms. The number of hydrogen-bond donors (Lipinski definition) is 1. The van der Waals surface area contributed by atoms with Gasteiger partial charge in [-0.3, -0.25) is 4.90 Å². The largest absolute Gasteiger partial charge is 0.374 e. The summed E-state index contributed by atoms with van der Waals surface area (Å²) in [6.07, 6.45) is 1.13. The molecule has 17 heavy (non-hydrogen) atoms. The van der Waals surface area contributed by atoms with Gasteiger partial charge < -0.3 is 5.32 Å². The van der Waals surface area contributed by atoms with E-state index < -0.39 is 0 Å². The lowest BCUT2D eigenvalue weighted by Gasteiger charge is -2.29. The lowest BCUT2D eigenvalue weighted by molar-refractivity contribution is 0.275. The zero-order valence-electron chi connectivity index (χ0n) is 10.5. The van der Waals surface area contributed by atoms with E-state index in [9.17, 15) is 0 Å². The molecule has 0 spiro atoms. The van der Waals surface area contributed by atoms with E-state index in [0.717, 1.165) is 42.0 Å². The molecule has 0 radical (unpaired) electrons. The summed E-state index contributed by atoms with van der Waals surface area (Å²) >= 11 is 3.54. The molecule has 0 saturated carbocycles. The third-order valence-electron chi connectivity index (χ3n) is 2.79. The van der Waals surface area contributed by atoms with Crippen molar-refractivity contribution in [3.63, 3.8) is 0 Å². The fourth-order valence-corrected chi connectivity index (χ4v) is 3.61. The highest BCUT2D eigenvalue weighted by Crippen LogP contribution is 2.23. The minimum absolute atomic E-state index is 0.738. The first kappa shape index (κ1) is 13.1. The van der Waals surface area contributed by atoms with Gasteiger partial charge in [-0.05, 0) is 6.42 Å². The fraction of sp³-hybridized carbons (Fsp3) is 0.818. The van der Waals surface area contributed by atoms with Crippen molar-refractivity contribution < 1.29 is 0 Å². The van der Waals surface area contributed by atoms with Gasteiger partial charge in [0.25, 0.3) is 0 Å². The lowest BCUT2D eigenvalue weighted by Crippen LogP contribution is -2.36. The van der Waals surface area contributed by atoms with Crippen molar-refractivity contribution in [3.8, 4) is 0 Å². The zero-order chi connectivity index (χ0) is 12.1. The Hall–Kier alpha value is -0.330. The highest BCUT2D eigenvalue weighted by Gasteiger charge is 2.19. The molecule has 1 N–H and O–H groups in total. The number of hydrogen-bond acceptors (Lipinski definition) is 6. The maximum Gasteiger partial charge on any atom is 0.134 e. The number of aromatic nitrogens is 2. The molecule has 1 aromatic rings. The Labute approximate surface area is 111 Å². The molecule has 0 amide bonds. The molecule has 1 aliphatic rings. The van der Waals surface area contributed by atoms with Gasteiger partial charge in [0.2, 0.25) is 0 Å². The summed E-state index contributed by atoms with van der Waals surface area (Å²) in [5, 5.41) is 9.54. The Kier molecular flexibility index (Phi) is 5.06. The van der Waals surface area contributed by atoms with Crippen molar-refractivity contribution in [2.24, 2.45) is 0 Å². The molecule has 1 aliphatic heterocycles. The smallest absolute Gasteiger partial charge is 0.134 e. The monoisotopic (exact) mass is 272 g/mol. The van der Waals surface area contributed by atoms with Crippen LogP contribution in [-0.4, -0.2) is 45.1 Å². The van der Waals surface area contributed by atoms with Gasteiger partial charge in [-0.15, -0.1) is 5.10 Å². The van der Waals surface area contributed by atoms with E-state index in [1.54, 1.807) is 0 Å². The van der Waals surface area contributed by atoms with Crippen LogP contribution in [0.25, 0.3) is 0 Å². The van der Waals surface area contributed by atoms with Gasteiger partial charge in [0.1, 0.15) is 10.7 Å². The third-order valence-corrected chi connectivity index (χ3v) is 4.65. The molecule has 1 saturated heterocycles. The average molecular weight is 272 g/mol. The number of rotatable bonds is 5. The van der Waals surface area contributed by atoms with Crippen LogP contribution in [0.15, 0.2) is 0 Å². The van der Waals surface area contributed by atoms with Gasteiger partial charge in [0, 0.05) is 48.7 Å². The van der Waals surface area contributed by atoms with Crippen LogP contribution in [-0.2, 0) is 6.54 Å². The normalized spacial score (nSPS) is 21.6. The summed E-state index contributed by atoms with van der Waals surface area (Å²) in [5.74, 6) is 1.23. The van der Waals surface area contributed by atoms with Crippen molar-refractivity contribution >= 4 is 28.3 Å². The summed E-state index contributed by atoms with van der Waals surface area (Å²) in [7, 11) is 0. The predicted molar refractivity (Wildman–Crippen MR) is 75.9 cm³/mol. The number of nitrogens with one attached hydrogen (secondary N) is 1. The van der Waals surface area contributed by atoms with Crippen LogP contribution in [0.4, 0.5) is 5.00 Å². The molecule has 0 aliphatic carbocycles. The summed E-state index contributed by atoms with van der Waals surface area (Å²) in [4.78, 5) is 2.48. The van der Waals surface area contributed by atoms with Crippen molar-refractivity contribution in [2.45, 2.75) is 32.1 Å². The SMILES string of the molecule is CCCNc1snnc1CN1CCSC(C)C1. The molecule has 96 valence electrons. The molecule has 0 bridgehead atoms. The van der Waals surface area contributed by atoms with E-state index in [1.165, 1.54) is 23.8 Å². The maximum atomic E-state index is 4.25. The molecule has 2 rings (SSSR count). The van der Waals surface area contributed by atoms with Crippen molar-refractivity contribution in [1.29, 1.82) is 0 Å². The Morgan fingerprint density at radius 2 is 2.41 bits per heavy atom. The Balaban J connectivity index is 1.91. The van der Waals surface area contributed by atoms with Crippen LogP contribution in [0, 0.1) is 0 Å². The minimum atomic E-state index is 0.738. The third kappa shape index (κ3) is 3.82. The highest BCUT2D eigenvalue weighted by atomic mass is 32.2. The number of anilines is 1. The summed E-state index contributed by atoms with van der Waals surface area (Å²) in [6.45, 7) is 8.74. The zero-order valence-corrected chi connectivity index (χ0v) is 12.1. The molecule has 1 atom stereocenters. The van der Waals surface area contributed by atoms with Gasteiger partial charge in [-0.2, -0.15) is 11.8 Å². The first-order valence-corrected chi connectivity index (χ1v) is 8.01. The van der Waals surface area contributed by atoms with Gasteiger partial charge in [-0.1, -0.05) is 18.3 Å². The predicted octanol–water partition coefficient (Wildman–Crippen LogP) is 2.30. The van der Waals surface area contributed by atoms with Gasteiger partial charge in [-0.25, -0.2) is 0 Å². The summed E-state index contributed by atoms with van der Waals surface area (Å²) in [6, 6.07) is 0. The molecule has 4 nitrogen and oxygen atoms in total. The van der Waals surface area contributed by atoms with E-state index in [4.69, 9.17) is 0 Å². The highest BCUT2D eigenvalue weighted by molar-refractivity contribution is 7.99. The van der Waals surface area contributed by atoms with Crippen LogP contribution in [0.3, 0.4) is 0 Å². The van der Waals surface area contributed by atoms with Crippen molar-refractivity contribution in [3.05, 3.63) is 5.69 Å². The minimum Gasteiger partial charge on any atom is -0.374 e. The lowest BCUT2D eigenvalue weighted by atomic mass is 10.3. The quantitative estimate of drug-likeness (QED) is 0.890. The van der Waals surface area contributed by atoms with Crippen LogP contribution in [0.1, 0.15) is 26.0 Å². The standard InChI is InChI=1S/C11H20N4S2/c1-3-4-12-11-10(13-14-17-11)8-15-5-6-16-9(2)7-15/h9,12H,3-8H2,1-2H3. The molecular formula is C11H20N4S2. The van der Waals surface area contributed by atoms with E-state index in [0.29, 0.717) is 0 Å². The Morgan fingerprint density at radius 3 is 3.18 bits per heavy atom. The number of thioether (sulfide) groups is 1. The molecule has 1 aromatic heterocycles. The second-order valence-corrected chi connectivity index (χ2v) is 6.69. The van der Waals surface area contributed by atoms with E-state index in [2.05, 4.69) is 45.4 Å². The van der Waals surface area contributed by atoms with Crippen molar-refractivity contribution in [2.75, 3.05) is 30.7 Å². The summed E-state index contributed by atoms with van der Waals surface area (Å²) < 4.78 is 4.06. The topological polar surface area (TPSA) is 41.1 Å². The Morgan fingerprint density at radius 1 is 1.53 bits per heavy atom. The maximum absolute atomic E-state index is 4.25. The van der Waals surface area contributed by atoms with Crippen LogP contribution >= 0.6 is 23.3 Å². The molecule has 2 heterocycles. The van der Waals surface area contributed by atoms with Crippen LogP contribution in [0.5, 0.6) is 0 Å². The van der Waals surface area contributed by atoms with Crippen molar-refractivity contribution in [1.82, 2.24) is 14.5 Å². The molecular weight excluding hydrogens is 252 g/mol. The molecule has 1 fully saturated rings. The average Bonchev–Trinajstić information content (AvgIpc) is 2.74. The van der Waals surface area contributed by atoms with Gasteiger partial charge >= 0.3 is 0 Å². The van der Waals surface area contributed by atoms with E-state index in [-0.39, 0.29) is 0 Å². The Bertz CT molecular complexity index is 342. The fourth-order valence-electron chi connectivity index (χ4n) is 1.93. The van der Waals surface area contributed by atoms with E-state index in [1.807, 2.05) is 0 Å². The second kappa shape index (κ2) is 6.56. The van der Waals surface area contributed by atoms with Gasteiger partial charge in [0.05, 0.1) is 0 Å². The molecule has 1 unspecified atom stereocenters. The second-order valence-electron chi connectivity index (χ2n) is 4.39. The summed E-state index contributed by atoms with van der Waals surface area (Å²) in [5.41, 5.74) is 1.11. The van der Waals surface area contributed by atoms with Gasteiger partial charge in [0.15, 0.2) is 0 Å².